The molecule has 1 aliphatic heterocycles. The number of rotatable bonds is 4. The first-order valence-corrected chi connectivity index (χ1v) is 10.9. The first-order chi connectivity index (χ1) is 16.3. The third-order valence-electron chi connectivity index (χ3n) is 5.92. The Kier molecular flexibility index (Phi) is 5.24. The van der Waals surface area contributed by atoms with Crippen LogP contribution in [-0.2, 0) is 4.74 Å². The number of hydrogen-bond donors (Lipinski definition) is 1. The number of hydrogen-bond acceptors (Lipinski definition) is 4. The predicted molar refractivity (Wildman–Crippen MR) is 128 cm³/mol. The van der Waals surface area contributed by atoms with Crippen LogP contribution in [0, 0.1) is 5.82 Å². The van der Waals surface area contributed by atoms with Gasteiger partial charge >= 0.3 is 6.09 Å². The number of nitrogens with one attached hydrogen (secondary N) is 1. The minimum Gasteiger partial charge on any atom is -0.441 e. The van der Waals surface area contributed by atoms with Gasteiger partial charge in [0.2, 0.25) is 0 Å². The Morgan fingerprint density at radius 3 is 2.53 bits per heavy atom. The maximum atomic E-state index is 13.9. The molecule has 1 N–H and O–H groups in total. The standard InChI is InChI=1S/C27H22FN3O3/c1-27(2)24(19-7-3-9-20(28)16-19)31(26(33)34-27)21-13-11-18(12-14-21)25(32)30-22-10-4-6-17-8-5-15-29-23(17)22/h3-16,24H,1-2H3,(H,30,32)/t24-/m1/s1. The Balaban J connectivity index is 1.42. The summed E-state index contributed by atoms with van der Waals surface area (Å²) in [5.74, 6) is -0.682. The van der Waals surface area contributed by atoms with E-state index in [1.165, 1.54) is 17.0 Å². The van der Waals surface area contributed by atoms with E-state index in [0.29, 0.717) is 28.0 Å². The molecule has 0 unspecified atom stereocenters. The number of carbonyl (C=O) groups excluding carboxylic acids is 2. The molecule has 6 nitrogen and oxygen atoms in total. The summed E-state index contributed by atoms with van der Waals surface area (Å²) in [6.07, 6.45) is 1.15. The molecule has 1 aromatic heterocycles. The van der Waals surface area contributed by atoms with Crippen LogP contribution in [0.25, 0.3) is 10.9 Å². The van der Waals surface area contributed by atoms with Gasteiger partial charge in [0.1, 0.15) is 17.5 Å². The maximum Gasteiger partial charge on any atom is 0.415 e. The van der Waals surface area contributed by atoms with Gasteiger partial charge in [-0.25, -0.2) is 9.18 Å². The summed E-state index contributed by atoms with van der Waals surface area (Å²) in [6, 6.07) is 21.6. The van der Waals surface area contributed by atoms with Crippen LogP contribution in [0.2, 0.25) is 0 Å². The van der Waals surface area contributed by atoms with Gasteiger partial charge in [0.05, 0.1) is 11.2 Å². The van der Waals surface area contributed by atoms with Crippen LogP contribution in [0.3, 0.4) is 0 Å². The van der Waals surface area contributed by atoms with Gasteiger partial charge in [-0.2, -0.15) is 0 Å². The second-order valence-corrected chi connectivity index (χ2v) is 8.68. The van der Waals surface area contributed by atoms with Crippen LogP contribution in [0.1, 0.15) is 35.8 Å². The third kappa shape index (κ3) is 3.85. The van der Waals surface area contributed by atoms with Crippen LogP contribution >= 0.6 is 0 Å². The molecule has 34 heavy (non-hydrogen) atoms. The molecule has 0 spiro atoms. The van der Waals surface area contributed by atoms with Gasteiger partial charge in [-0.15, -0.1) is 0 Å². The van der Waals surface area contributed by atoms with Gasteiger partial charge in [-0.05, 0) is 67.9 Å². The molecule has 3 aromatic carbocycles. The van der Waals surface area contributed by atoms with Crippen LogP contribution in [-0.4, -0.2) is 22.6 Å². The monoisotopic (exact) mass is 455 g/mol. The van der Waals surface area contributed by atoms with E-state index in [0.717, 1.165) is 5.39 Å². The normalized spacial score (nSPS) is 17.0. The Labute approximate surface area is 196 Å². The van der Waals surface area contributed by atoms with Crippen molar-refractivity contribution in [3.8, 4) is 0 Å². The Bertz CT molecular complexity index is 1400. The number of pyridine rings is 1. The van der Waals surface area contributed by atoms with Crippen molar-refractivity contribution in [2.24, 2.45) is 0 Å². The Hall–Kier alpha value is -4.26. The fourth-order valence-electron chi connectivity index (χ4n) is 4.40. The minimum atomic E-state index is -0.873. The van der Waals surface area contributed by atoms with Crippen LogP contribution in [0.4, 0.5) is 20.6 Å². The molecule has 0 saturated carbocycles. The maximum absolute atomic E-state index is 13.9. The number of anilines is 2. The van der Waals surface area contributed by atoms with E-state index >= 15 is 0 Å². The highest BCUT2D eigenvalue weighted by atomic mass is 19.1. The zero-order chi connectivity index (χ0) is 23.9. The molecular weight excluding hydrogens is 433 g/mol. The number of benzene rings is 3. The van der Waals surface area contributed by atoms with Crippen molar-refractivity contribution in [1.82, 2.24) is 4.98 Å². The van der Waals surface area contributed by atoms with Crippen LogP contribution < -0.4 is 10.2 Å². The topological polar surface area (TPSA) is 71.5 Å². The van der Waals surface area contributed by atoms with Gasteiger partial charge < -0.3 is 10.1 Å². The second-order valence-electron chi connectivity index (χ2n) is 8.68. The lowest BCUT2D eigenvalue weighted by molar-refractivity contribution is 0.0684. The molecule has 1 saturated heterocycles. The van der Waals surface area contributed by atoms with Gasteiger partial charge in [-0.3, -0.25) is 14.7 Å². The van der Waals surface area contributed by atoms with E-state index in [-0.39, 0.29) is 11.7 Å². The summed E-state index contributed by atoms with van der Waals surface area (Å²) in [7, 11) is 0. The van der Waals surface area contributed by atoms with Crippen molar-refractivity contribution >= 4 is 34.3 Å². The number of halogens is 1. The van der Waals surface area contributed by atoms with Crippen molar-refractivity contribution in [1.29, 1.82) is 0 Å². The SMILES string of the molecule is CC1(C)OC(=O)N(c2ccc(C(=O)Nc3cccc4cccnc34)cc2)[C@@H]1c1cccc(F)c1. The first kappa shape index (κ1) is 21.6. The number of fused-ring (bicyclic) bond motifs is 1. The number of carbonyl (C=O) groups is 2. The predicted octanol–water partition coefficient (Wildman–Crippen LogP) is 6.10. The molecule has 2 heterocycles. The van der Waals surface area contributed by atoms with Gasteiger partial charge in [-0.1, -0.05) is 30.3 Å². The zero-order valence-corrected chi connectivity index (χ0v) is 18.7. The summed E-state index contributed by atoms with van der Waals surface area (Å²) in [5, 5.41) is 3.83. The molecule has 170 valence electrons. The van der Waals surface area contributed by atoms with Gasteiger partial charge in [0.25, 0.3) is 5.91 Å². The van der Waals surface area contributed by atoms with E-state index in [2.05, 4.69) is 10.3 Å². The van der Waals surface area contributed by atoms with E-state index in [4.69, 9.17) is 4.74 Å². The number of aromatic nitrogens is 1. The highest BCUT2D eigenvalue weighted by Gasteiger charge is 2.49. The highest BCUT2D eigenvalue weighted by Crippen LogP contribution is 2.43. The average Bonchev–Trinajstić information content (AvgIpc) is 3.07. The van der Waals surface area contributed by atoms with Crippen molar-refractivity contribution < 1.29 is 18.7 Å². The smallest absolute Gasteiger partial charge is 0.415 e. The van der Waals surface area contributed by atoms with E-state index in [9.17, 15) is 14.0 Å². The van der Waals surface area contributed by atoms with Crippen molar-refractivity contribution in [3.05, 3.63) is 102 Å². The largest absolute Gasteiger partial charge is 0.441 e. The zero-order valence-electron chi connectivity index (χ0n) is 18.7. The third-order valence-corrected chi connectivity index (χ3v) is 5.92. The number of para-hydroxylation sites is 1. The fraction of sp³-hybridized carbons (Fsp3) is 0.148. The summed E-state index contributed by atoms with van der Waals surface area (Å²) in [5.41, 5.74) is 2.04. The van der Waals surface area contributed by atoms with E-state index < -0.39 is 17.7 Å². The van der Waals surface area contributed by atoms with Gasteiger partial charge in [0, 0.05) is 22.8 Å². The molecule has 1 fully saturated rings. The molecular formula is C27H22FN3O3. The Morgan fingerprint density at radius 1 is 1.03 bits per heavy atom. The number of ether oxygens (including phenoxy) is 1. The minimum absolute atomic E-state index is 0.296. The molecule has 4 aromatic rings. The van der Waals surface area contributed by atoms with E-state index in [1.54, 1.807) is 62.5 Å². The number of nitrogens with zero attached hydrogens (tertiary/aromatic N) is 2. The van der Waals surface area contributed by atoms with Crippen LogP contribution in [0.5, 0.6) is 0 Å². The van der Waals surface area contributed by atoms with Crippen molar-refractivity contribution in [3.63, 3.8) is 0 Å². The Morgan fingerprint density at radius 2 is 1.76 bits per heavy atom. The summed E-state index contributed by atoms with van der Waals surface area (Å²) in [4.78, 5) is 31.5. The molecule has 5 rings (SSSR count). The summed E-state index contributed by atoms with van der Waals surface area (Å²) >= 11 is 0. The first-order valence-electron chi connectivity index (χ1n) is 10.9. The second kappa shape index (κ2) is 8.26. The quantitative estimate of drug-likeness (QED) is 0.403. The van der Waals surface area contributed by atoms with E-state index in [1.807, 2.05) is 24.3 Å². The molecule has 1 aliphatic rings. The van der Waals surface area contributed by atoms with Gasteiger partial charge in [0.15, 0.2) is 0 Å². The lowest BCUT2D eigenvalue weighted by Gasteiger charge is -2.29. The average molecular weight is 455 g/mol. The van der Waals surface area contributed by atoms with Crippen molar-refractivity contribution in [2.45, 2.75) is 25.5 Å². The molecule has 0 radical (unpaired) electrons. The lowest BCUT2D eigenvalue weighted by atomic mass is 9.91. The number of cyclic esters (lactones) is 1. The number of amides is 2. The summed E-state index contributed by atoms with van der Waals surface area (Å²) in [6.45, 7) is 3.58. The molecule has 2 amide bonds. The molecule has 1 atom stereocenters. The molecule has 7 heteroatoms. The summed E-state index contributed by atoms with van der Waals surface area (Å²) < 4.78 is 19.5. The van der Waals surface area contributed by atoms with Crippen LogP contribution in [0.15, 0.2) is 85.1 Å². The highest BCUT2D eigenvalue weighted by molar-refractivity contribution is 6.08. The lowest BCUT2D eigenvalue weighted by Crippen LogP contribution is -2.33. The van der Waals surface area contributed by atoms with Crippen molar-refractivity contribution in [2.75, 3.05) is 10.2 Å². The molecule has 0 bridgehead atoms. The fourth-order valence-corrected chi connectivity index (χ4v) is 4.40. The molecule has 0 aliphatic carbocycles.